The lowest BCUT2D eigenvalue weighted by atomic mass is 10.00. The van der Waals surface area contributed by atoms with E-state index in [-0.39, 0.29) is 4.65 Å². The normalized spacial score (nSPS) is 22.9. The molecule has 0 saturated heterocycles. The van der Waals surface area contributed by atoms with Crippen LogP contribution in [0.3, 0.4) is 0 Å². The highest BCUT2D eigenvalue weighted by Gasteiger charge is 2.41. The highest BCUT2D eigenvalue weighted by molar-refractivity contribution is 5.87. The van der Waals surface area contributed by atoms with Crippen molar-refractivity contribution in [3.05, 3.63) is 69.8 Å². The smallest absolute Gasteiger partial charge is 0.145 e. The molecular weight excluding hydrogens is 310 g/mol. The fourth-order valence-corrected chi connectivity index (χ4v) is 4.07. The Kier molecular flexibility index (Phi) is 3.99. The van der Waals surface area contributed by atoms with Gasteiger partial charge in [-0.15, -0.1) is 0 Å². The van der Waals surface area contributed by atoms with Gasteiger partial charge in [0.05, 0.1) is 6.54 Å². The van der Waals surface area contributed by atoms with E-state index in [9.17, 15) is 5.21 Å². The second-order valence-corrected chi connectivity index (χ2v) is 7.45. The van der Waals surface area contributed by atoms with Crippen LogP contribution in [0.25, 0.3) is 5.57 Å². The molecule has 0 saturated carbocycles. The average Bonchev–Trinajstić information content (AvgIpc) is 2.83. The van der Waals surface area contributed by atoms with E-state index >= 15 is 0 Å². The lowest BCUT2D eigenvalue weighted by Gasteiger charge is -2.42. The Morgan fingerprint density at radius 2 is 2.04 bits per heavy atom. The molecule has 0 spiro atoms. The van der Waals surface area contributed by atoms with Crippen LogP contribution in [0.5, 0.6) is 0 Å². The number of hydrogen-bond donors (Lipinski definition) is 0. The quantitative estimate of drug-likeness (QED) is 0.632. The van der Waals surface area contributed by atoms with Crippen LogP contribution in [-0.2, 0) is 6.42 Å². The number of pyridine rings is 1. The molecule has 4 heteroatoms. The van der Waals surface area contributed by atoms with Gasteiger partial charge in [0.25, 0.3) is 0 Å². The van der Waals surface area contributed by atoms with Gasteiger partial charge in [-0.2, -0.15) is 0 Å². The molecular formula is C21H25N3O. The number of hydrogen-bond acceptors (Lipinski definition) is 3. The van der Waals surface area contributed by atoms with E-state index in [0.29, 0.717) is 6.54 Å². The minimum atomic E-state index is -0.285. The molecule has 0 bridgehead atoms. The third kappa shape index (κ3) is 2.80. The zero-order chi connectivity index (χ0) is 17.6. The Balaban J connectivity index is 1.70. The lowest BCUT2D eigenvalue weighted by molar-refractivity contribution is 0.338. The molecule has 1 aromatic carbocycles. The highest BCUT2D eigenvalue weighted by atomic mass is 16.5. The van der Waals surface area contributed by atoms with Crippen molar-refractivity contribution in [1.29, 1.82) is 0 Å². The van der Waals surface area contributed by atoms with Crippen molar-refractivity contribution in [2.24, 2.45) is 0 Å². The van der Waals surface area contributed by atoms with Crippen LogP contribution < -0.4 is 4.65 Å². The van der Waals surface area contributed by atoms with E-state index in [1.807, 2.05) is 25.3 Å². The third-order valence-electron chi connectivity index (χ3n) is 5.50. The molecule has 130 valence electrons. The topological polar surface area (TPSA) is 39.2 Å². The lowest BCUT2D eigenvalue weighted by Crippen LogP contribution is -2.44. The summed E-state index contributed by atoms with van der Waals surface area (Å²) in [6.45, 7) is 6.46. The van der Waals surface area contributed by atoms with E-state index in [4.69, 9.17) is 0 Å². The van der Waals surface area contributed by atoms with E-state index in [2.05, 4.69) is 42.1 Å². The van der Waals surface area contributed by atoms with Gasteiger partial charge in [0.2, 0.25) is 0 Å². The van der Waals surface area contributed by atoms with Crippen LogP contribution in [0.2, 0.25) is 0 Å². The summed E-state index contributed by atoms with van der Waals surface area (Å²) >= 11 is 0. The predicted octanol–water partition coefficient (Wildman–Crippen LogP) is 3.81. The van der Waals surface area contributed by atoms with Gasteiger partial charge in [-0.3, -0.25) is 9.63 Å². The number of quaternary nitrogens is 1. The molecule has 0 radical (unpaired) electrons. The maximum atomic E-state index is 14.0. The molecule has 25 heavy (non-hydrogen) atoms. The van der Waals surface area contributed by atoms with E-state index in [0.717, 1.165) is 48.6 Å². The number of benzene rings is 1. The van der Waals surface area contributed by atoms with E-state index in [1.54, 1.807) is 0 Å². The second kappa shape index (κ2) is 6.06. The van der Waals surface area contributed by atoms with Crippen LogP contribution >= 0.6 is 0 Å². The van der Waals surface area contributed by atoms with Crippen molar-refractivity contribution in [2.75, 3.05) is 26.7 Å². The van der Waals surface area contributed by atoms with E-state index in [1.165, 1.54) is 16.7 Å². The molecule has 4 rings (SSSR count). The number of aryl methyl sites for hydroxylation is 2. The van der Waals surface area contributed by atoms with Crippen molar-refractivity contribution in [1.82, 2.24) is 14.5 Å². The minimum absolute atomic E-state index is 0.285. The highest BCUT2D eigenvalue weighted by Crippen LogP contribution is 2.48. The van der Waals surface area contributed by atoms with Crippen LogP contribution in [-0.4, -0.2) is 36.6 Å². The third-order valence-corrected chi connectivity index (χ3v) is 5.50. The number of hydroxylamine groups is 2. The Labute approximate surface area is 149 Å². The van der Waals surface area contributed by atoms with Crippen molar-refractivity contribution >= 4 is 11.3 Å². The maximum Gasteiger partial charge on any atom is 0.145 e. The minimum Gasteiger partial charge on any atom is -0.622 e. The SMILES string of the molecule is Cc1ccc2c(c1)C1=C(CCN(C)C1)[N+]2([O-])CCc1ccc(C)nc1. The fourth-order valence-electron chi connectivity index (χ4n) is 4.07. The summed E-state index contributed by atoms with van der Waals surface area (Å²) in [4.78, 5) is 6.68. The summed E-state index contributed by atoms with van der Waals surface area (Å²) in [6, 6.07) is 10.4. The largest absolute Gasteiger partial charge is 0.622 e. The average molecular weight is 335 g/mol. The predicted molar refractivity (Wildman–Crippen MR) is 103 cm³/mol. The first-order valence-electron chi connectivity index (χ1n) is 9.01. The molecule has 2 aliphatic heterocycles. The van der Waals surface area contributed by atoms with Gasteiger partial charge in [0.15, 0.2) is 0 Å². The first kappa shape index (κ1) is 16.5. The second-order valence-electron chi connectivity index (χ2n) is 7.45. The van der Waals surface area contributed by atoms with Crippen molar-refractivity contribution in [3.8, 4) is 0 Å². The molecule has 4 nitrogen and oxygen atoms in total. The fraction of sp³-hybridized carbons (Fsp3) is 0.381. The molecule has 1 unspecified atom stereocenters. The molecule has 0 amide bonds. The molecule has 2 aliphatic rings. The van der Waals surface area contributed by atoms with Crippen molar-refractivity contribution < 1.29 is 0 Å². The van der Waals surface area contributed by atoms with Crippen LogP contribution in [0.1, 0.15) is 28.8 Å². The number of aromatic nitrogens is 1. The van der Waals surface area contributed by atoms with Gasteiger partial charge >= 0.3 is 0 Å². The Bertz CT molecular complexity index is 841. The molecule has 1 atom stereocenters. The molecule has 3 heterocycles. The van der Waals surface area contributed by atoms with Crippen molar-refractivity contribution in [3.63, 3.8) is 0 Å². The zero-order valence-corrected chi connectivity index (χ0v) is 15.2. The van der Waals surface area contributed by atoms with Gasteiger partial charge in [-0.1, -0.05) is 17.7 Å². The zero-order valence-electron chi connectivity index (χ0n) is 15.2. The monoisotopic (exact) mass is 335 g/mol. The van der Waals surface area contributed by atoms with E-state index < -0.39 is 0 Å². The molecule has 0 fully saturated rings. The number of fused-ring (bicyclic) bond motifs is 2. The van der Waals surface area contributed by atoms with Crippen LogP contribution in [0.4, 0.5) is 5.69 Å². The van der Waals surface area contributed by atoms with Crippen LogP contribution in [0.15, 0.2) is 42.2 Å². The maximum absolute atomic E-state index is 14.0. The van der Waals surface area contributed by atoms with Crippen LogP contribution in [0, 0.1) is 19.1 Å². The number of rotatable bonds is 3. The summed E-state index contributed by atoms with van der Waals surface area (Å²) in [5.41, 5.74) is 7.77. The standard InChI is InChI=1S/C21H25N3O/c1-15-4-7-20-18(12-15)19-14-23(3)10-8-21(19)24(20,25)11-9-17-6-5-16(2)22-13-17/h4-7,12-13H,8-11,14H2,1-3H3. The van der Waals surface area contributed by atoms with Gasteiger partial charge in [0.1, 0.15) is 11.4 Å². The number of likely N-dealkylation sites (N-methyl/N-ethyl adjacent to an activating group) is 1. The van der Waals surface area contributed by atoms with Gasteiger partial charge in [-0.25, -0.2) is 0 Å². The molecule has 1 aromatic heterocycles. The summed E-state index contributed by atoms with van der Waals surface area (Å²) < 4.78 is -0.285. The van der Waals surface area contributed by atoms with Gasteiger partial charge in [0, 0.05) is 55.0 Å². The molecule has 0 aliphatic carbocycles. The summed E-state index contributed by atoms with van der Waals surface area (Å²) in [5, 5.41) is 14.0. The summed E-state index contributed by atoms with van der Waals surface area (Å²) in [6.07, 6.45) is 3.50. The molecule has 0 N–H and O–H groups in total. The van der Waals surface area contributed by atoms with Crippen molar-refractivity contribution in [2.45, 2.75) is 26.7 Å². The van der Waals surface area contributed by atoms with Gasteiger partial charge in [-0.05, 0) is 38.6 Å². The summed E-state index contributed by atoms with van der Waals surface area (Å²) in [5.74, 6) is 0. The molecule has 2 aromatic rings. The Morgan fingerprint density at radius 1 is 1.20 bits per heavy atom. The summed E-state index contributed by atoms with van der Waals surface area (Å²) in [7, 11) is 2.13. The first-order valence-corrected chi connectivity index (χ1v) is 9.01. The Hall–Kier alpha value is -2.01. The van der Waals surface area contributed by atoms with Gasteiger partial charge < -0.3 is 10.1 Å². The first-order chi connectivity index (χ1) is 12.0. The Morgan fingerprint density at radius 3 is 2.80 bits per heavy atom. The number of nitrogens with zero attached hydrogens (tertiary/aromatic N) is 3.